The summed E-state index contributed by atoms with van der Waals surface area (Å²) in [7, 11) is 0. The molecule has 1 atom stereocenters. The van der Waals surface area contributed by atoms with Crippen LogP contribution >= 0.6 is 11.8 Å². The Morgan fingerprint density at radius 3 is 2.44 bits per heavy atom. The monoisotopic (exact) mass is 351 g/mol. The van der Waals surface area contributed by atoms with Crippen LogP contribution in [0.25, 0.3) is 0 Å². The van der Waals surface area contributed by atoms with E-state index in [1.54, 1.807) is 4.90 Å². The van der Waals surface area contributed by atoms with Crippen molar-refractivity contribution in [3.63, 3.8) is 0 Å². The van der Waals surface area contributed by atoms with Crippen LogP contribution in [0.15, 0.2) is 65.7 Å². The van der Waals surface area contributed by atoms with E-state index in [0.29, 0.717) is 18.3 Å². The minimum absolute atomic E-state index is 0.181. The zero-order valence-electron chi connectivity index (χ0n) is 13.5. The third-order valence-electron chi connectivity index (χ3n) is 4.31. The molecule has 0 aliphatic carbocycles. The van der Waals surface area contributed by atoms with Crippen LogP contribution in [0.3, 0.4) is 0 Å². The molecule has 5 nitrogen and oxygen atoms in total. The highest BCUT2D eigenvalue weighted by Gasteiger charge is 2.43. The molecule has 1 fully saturated rings. The average Bonchev–Trinajstić information content (AvgIpc) is 3.11. The van der Waals surface area contributed by atoms with E-state index >= 15 is 0 Å². The number of rotatable bonds is 4. The van der Waals surface area contributed by atoms with Gasteiger partial charge in [0.25, 0.3) is 11.8 Å². The first-order chi connectivity index (χ1) is 12.2. The zero-order chi connectivity index (χ0) is 17.2. The molecule has 1 saturated heterocycles. The molecule has 2 heterocycles. The Labute approximate surface area is 150 Å². The number of benzene rings is 2. The lowest BCUT2D eigenvalue weighted by molar-refractivity contribution is -0.135. The van der Waals surface area contributed by atoms with Crippen molar-refractivity contribution in [2.75, 3.05) is 17.2 Å². The maximum Gasteiger partial charge on any atom is 0.280 e. The molecule has 0 saturated carbocycles. The minimum atomic E-state index is -0.912. The number of amides is 2. The number of anilines is 1. The SMILES string of the molecule is O=C1N=C2SCCN2C(=O)C1N(Cc1ccccc1)c1ccccc1. The zero-order valence-corrected chi connectivity index (χ0v) is 14.4. The maximum atomic E-state index is 13.0. The summed E-state index contributed by atoms with van der Waals surface area (Å²) in [5.41, 5.74) is 1.88. The summed E-state index contributed by atoms with van der Waals surface area (Å²) in [6.45, 7) is 1.08. The summed E-state index contributed by atoms with van der Waals surface area (Å²) >= 11 is 1.46. The highest BCUT2D eigenvalue weighted by molar-refractivity contribution is 8.14. The number of thioether (sulfide) groups is 1. The number of hydrogen-bond acceptors (Lipinski definition) is 4. The summed E-state index contributed by atoms with van der Waals surface area (Å²) in [5, 5.41) is 0.541. The quantitative estimate of drug-likeness (QED) is 0.795. The lowest BCUT2D eigenvalue weighted by atomic mass is 10.1. The Bertz CT molecular complexity index is 823. The van der Waals surface area contributed by atoms with Crippen LogP contribution in [0.1, 0.15) is 5.56 Å². The van der Waals surface area contributed by atoms with E-state index in [4.69, 9.17) is 0 Å². The Morgan fingerprint density at radius 1 is 1.04 bits per heavy atom. The molecule has 0 N–H and O–H groups in total. The normalized spacial score (nSPS) is 19.6. The van der Waals surface area contributed by atoms with Crippen molar-refractivity contribution in [2.45, 2.75) is 12.6 Å². The van der Waals surface area contributed by atoms with Gasteiger partial charge in [-0.05, 0) is 17.7 Å². The molecule has 0 bridgehead atoms. The van der Waals surface area contributed by atoms with Crippen molar-refractivity contribution >= 4 is 34.4 Å². The van der Waals surface area contributed by atoms with Gasteiger partial charge in [-0.2, -0.15) is 4.99 Å². The summed E-state index contributed by atoms with van der Waals surface area (Å²) in [4.78, 5) is 33.3. The fourth-order valence-corrected chi connectivity index (χ4v) is 4.05. The van der Waals surface area contributed by atoms with Gasteiger partial charge in [0.2, 0.25) is 0 Å². The van der Waals surface area contributed by atoms with Gasteiger partial charge < -0.3 is 4.90 Å². The second-order valence-corrected chi connectivity index (χ2v) is 6.98. The second kappa shape index (κ2) is 6.72. The molecule has 2 amide bonds. The average molecular weight is 351 g/mol. The number of fused-ring (bicyclic) bond motifs is 1. The first-order valence-electron chi connectivity index (χ1n) is 8.16. The third kappa shape index (κ3) is 3.05. The molecule has 2 aromatic rings. The van der Waals surface area contributed by atoms with Gasteiger partial charge in [-0.15, -0.1) is 0 Å². The van der Waals surface area contributed by atoms with E-state index in [1.807, 2.05) is 65.6 Å². The Hall–Kier alpha value is -2.60. The van der Waals surface area contributed by atoms with E-state index < -0.39 is 6.04 Å². The van der Waals surface area contributed by atoms with E-state index in [9.17, 15) is 9.59 Å². The topological polar surface area (TPSA) is 53.0 Å². The van der Waals surface area contributed by atoms with Crippen molar-refractivity contribution < 1.29 is 9.59 Å². The number of amidine groups is 1. The van der Waals surface area contributed by atoms with Gasteiger partial charge in [-0.25, -0.2) is 0 Å². The molecule has 126 valence electrons. The molecule has 0 aromatic heterocycles. The highest BCUT2D eigenvalue weighted by Crippen LogP contribution is 2.28. The van der Waals surface area contributed by atoms with Crippen LogP contribution in [-0.4, -0.2) is 40.2 Å². The van der Waals surface area contributed by atoms with Crippen molar-refractivity contribution in [2.24, 2.45) is 4.99 Å². The first-order valence-corrected chi connectivity index (χ1v) is 9.15. The van der Waals surface area contributed by atoms with Crippen LogP contribution in [-0.2, 0) is 16.1 Å². The van der Waals surface area contributed by atoms with Crippen LogP contribution in [0.2, 0.25) is 0 Å². The third-order valence-corrected chi connectivity index (χ3v) is 5.27. The van der Waals surface area contributed by atoms with E-state index in [0.717, 1.165) is 17.0 Å². The Balaban J connectivity index is 1.73. The molecular weight excluding hydrogens is 334 g/mol. The molecular formula is C19H17N3O2S. The van der Waals surface area contributed by atoms with Gasteiger partial charge in [0.1, 0.15) is 0 Å². The van der Waals surface area contributed by atoms with Gasteiger partial charge >= 0.3 is 0 Å². The predicted molar refractivity (Wildman–Crippen MR) is 99.5 cm³/mol. The lowest BCUT2D eigenvalue weighted by Crippen LogP contribution is -2.56. The van der Waals surface area contributed by atoms with Crippen LogP contribution in [0.4, 0.5) is 5.69 Å². The standard InChI is InChI=1S/C19H17N3O2S/c23-17-16(18(24)21-11-12-25-19(21)20-17)22(15-9-5-2-6-10-15)13-14-7-3-1-4-8-14/h1-10,16H,11-13H2. The molecule has 25 heavy (non-hydrogen) atoms. The number of carbonyl (C=O) groups excluding carboxylic acids is 2. The maximum absolute atomic E-state index is 13.0. The number of nitrogens with zero attached hydrogens (tertiary/aromatic N) is 3. The van der Waals surface area contributed by atoms with Crippen molar-refractivity contribution in [3.05, 3.63) is 66.2 Å². The van der Waals surface area contributed by atoms with Crippen LogP contribution in [0, 0.1) is 0 Å². The summed E-state index contributed by atoms with van der Waals surface area (Å²) in [5.74, 6) is 0.222. The first kappa shape index (κ1) is 15.9. The summed E-state index contributed by atoms with van der Waals surface area (Å²) < 4.78 is 0. The van der Waals surface area contributed by atoms with Crippen molar-refractivity contribution in [1.82, 2.24) is 4.90 Å². The van der Waals surface area contributed by atoms with Gasteiger partial charge in [0.15, 0.2) is 11.2 Å². The highest BCUT2D eigenvalue weighted by atomic mass is 32.2. The second-order valence-electron chi connectivity index (χ2n) is 5.92. The molecule has 2 aromatic carbocycles. The van der Waals surface area contributed by atoms with E-state index in [-0.39, 0.29) is 11.8 Å². The Morgan fingerprint density at radius 2 is 1.72 bits per heavy atom. The lowest BCUT2D eigenvalue weighted by Gasteiger charge is -2.35. The van der Waals surface area contributed by atoms with Gasteiger partial charge in [-0.1, -0.05) is 60.3 Å². The fraction of sp³-hybridized carbons (Fsp3) is 0.211. The van der Waals surface area contributed by atoms with E-state index in [1.165, 1.54) is 11.8 Å². The summed E-state index contributed by atoms with van der Waals surface area (Å²) in [6.07, 6.45) is 0. The van der Waals surface area contributed by atoms with Gasteiger partial charge in [0.05, 0.1) is 0 Å². The largest absolute Gasteiger partial charge is 0.347 e. The molecule has 0 spiro atoms. The van der Waals surface area contributed by atoms with Crippen molar-refractivity contribution in [1.29, 1.82) is 0 Å². The predicted octanol–water partition coefficient (Wildman–Crippen LogP) is 2.53. The van der Waals surface area contributed by atoms with Gasteiger partial charge in [-0.3, -0.25) is 14.5 Å². The molecule has 1 unspecified atom stereocenters. The number of carbonyl (C=O) groups is 2. The number of para-hydroxylation sites is 1. The number of aliphatic imine (C=N–C) groups is 1. The molecule has 2 aliphatic heterocycles. The summed E-state index contributed by atoms with van der Waals surface area (Å²) in [6, 6.07) is 18.5. The van der Waals surface area contributed by atoms with Crippen LogP contribution < -0.4 is 4.90 Å². The molecule has 4 rings (SSSR count). The minimum Gasteiger partial charge on any atom is -0.347 e. The van der Waals surface area contributed by atoms with E-state index in [2.05, 4.69) is 4.99 Å². The molecule has 2 aliphatic rings. The van der Waals surface area contributed by atoms with Gasteiger partial charge in [0, 0.05) is 24.5 Å². The number of hydrogen-bond donors (Lipinski definition) is 0. The fourth-order valence-electron chi connectivity index (χ4n) is 3.11. The van der Waals surface area contributed by atoms with Crippen LogP contribution in [0.5, 0.6) is 0 Å². The smallest absolute Gasteiger partial charge is 0.280 e. The Kier molecular flexibility index (Phi) is 4.28. The molecule has 6 heteroatoms. The molecule has 0 radical (unpaired) electrons. The van der Waals surface area contributed by atoms with Crippen molar-refractivity contribution in [3.8, 4) is 0 Å².